The van der Waals surface area contributed by atoms with Gasteiger partial charge in [0, 0.05) is 18.7 Å². The minimum absolute atomic E-state index is 0.0702. The Morgan fingerprint density at radius 2 is 2.04 bits per heavy atom. The van der Waals surface area contributed by atoms with Gasteiger partial charge >= 0.3 is 0 Å². The summed E-state index contributed by atoms with van der Waals surface area (Å²) in [6, 6.07) is 15.4. The van der Waals surface area contributed by atoms with Crippen LogP contribution in [0.3, 0.4) is 0 Å². The first-order valence-corrected chi connectivity index (χ1v) is 9.12. The molecule has 0 bridgehead atoms. The number of aromatic nitrogens is 2. The van der Waals surface area contributed by atoms with E-state index in [0.29, 0.717) is 18.7 Å². The zero-order chi connectivity index (χ0) is 18.4. The molecule has 1 amide bonds. The summed E-state index contributed by atoms with van der Waals surface area (Å²) in [7, 11) is 0. The van der Waals surface area contributed by atoms with Crippen LogP contribution in [0, 0.1) is 6.92 Å². The molecule has 0 saturated heterocycles. The molecule has 1 N–H and O–H groups in total. The molecule has 26 heavy (non-hydrogen) atoms. The highest BCUT2D eigenvalue weighted by atomic mass is 16.5. The molecular weight excluding hydrogens is 326 g/mol. The molecule has 0 aliphatic carbocycles. The molecule has 1 heterocycles. The topological polar surface area (TPSA) is 56.1 Å². The number of carbonyl (C=O) groups excluding carboxylic acids is 1. The van der Waals surface area contributed by atoms with Gasteiger partial charge in [-0.3, -0.25) is 4.79 Å². The Morgan fingerprint density at radius 3 is 2.88 bits per heavy atom. The Morgan fingerprint density at radius 1 is 1.19 bits per heavy atom. The summed E-state index contributed by atoms with van der Waals surface area (Å²) in [6.45, 7) is 6.17. The number of fused-ring (bicyclic) bond motifs is 1. The number of nitrogens with one attached hydrogen (secondary N) is 1. The van der Waals surface area contributed by atoms with E-state index in [9.17, 15) is 4.79 Å². The van der Waals surface area contributed by atoms with Gasteiger partial charge in [0.25, 0.3) is 5.91 Å². The molecule has 0 spiro atoms. The van der Waals surface area contributed by atoms with Gasteiger partial charge in [0.2, 0.25) is 0 Å². The molecule has 3 rings (SSSR count). The van der Waals surface area contributed by atoms with Crippen LogP contribution in [0.2, 0.25) is 0 Å². The lowest BCUT2D eigenvalue weighted by Crippen LogP contribution is -2.25. The summed E-state index contributed by atoms with van der Waals surface area (Å²) in [4.78, 5) is 16.9. The third kappa shape index (κ3) is 4.23. The molecule has 0 aliphatic rings. The summed E-state index contributed by atoms with van der Waals surface area (Å²) in [5.74, 6) is 1.66. The smallest absolute Gasteiger partial charge is 0.251 e. The van der Waals surface area contributed by atoms with Crippen molar-refractivity contribution < 1.29 is 9.53 Å². The van der Waals surface area contributed by atoms with E-state index in [2.05, 4.69) is 27.9 Å². The van der Waals surface area contributed by atoms with Crippen molar-refractivity contribution in [2.45, 2.75) is 33.2 Å². The average Bonchev–Trinajstić information content (AvgIpc) is 2.99. The van der Waals surface area contributed by atoms with E-state index < -0.39 is 0 Å². The van der Waals surface area contributed by atoms with Gasteiger partial charge in [-0.1, -0.05) is 25.1 Å². The van der Waals surface area contributed by atoms with Gasteiger partial charge in [0.15, 0.2) is 0 Å². The fourth-order valence-electron chi connectivity index (χ4n) is 2.97. The number of aryl methyl sites for hydroxylation is 2. The van der Waals surface area contributed by atoms with Crippen LogP contribution < -0.4 is 10.1 Å². The number of ether oxygens (including phenoxy) is 1. The van der Waals surface area contributed by atoms with Crippen LogP contribution >= 0.6 is 0 Å². The van der Waals surface area contributed by atoms with E-state index in [-0.39, 0.29) is 5.91 Å². The maximum absolute atomic E-state index is 12.3. The van der Waals surface area contributed by atoms with E-state index in [1.807, 2.05) is 43.3 Å². The summed E-state index contributed by atoms with van der Waals surface area (Å²) in [6.07, 6.45) is 1.79. The van der Waals surface area contributed by atoms with Crippen molar-refractivity contribution in [3.8, 4) is 5.75 Å². The quantitative estimate of drug-likeness (QED) is 0.625. The Bertz CT molecular complexity index is 886. The fraction of sp³-hybridized carbons (Fsp3) is 0.333. The second kappa shape index (κ2) is 8.52. The molecule has 2 aromatic carbocycles. The zero-order valence-corrected chi connectivity index (χ0v) is 15.4. The van der Waals surface area contributed by atoms with Crippen LogP contribution in [0.4, 0.5) is 0 Å². The summed E-state index contributed by atoms with van der Waals surface area (Å²) >= 11 is 0. The highest BCUT2D eigenvalue weighted by molar-refractivity contribution is 5.94. The highest BCUT2D eigenvalue weighted by Crippen LogP contribution is 2.16. The second-order valence-electron chi connectivity index (χ2n) is 6.29. The van der Waals surface area contributed by atoms with E-state index in [1.54, 1.807) is 6.07 Å². The van der Waals surface area contributed by atoms with Crippen molar-refractivity contribution in [3.63, 3.8) is 0 Å². The maximum atomic E-state index is 12.3. The first kappa shape index (κ1) is 18.0. The highest BCUT2D eigenvalue weighted by Gasteiger charge is 2.08. The van der Waals surface area contributed by atoms with Gasteiger partial charge in [0.1, 0.15) is 11.6 Å². The first-order chi connectivity index (χ1) is 12.7. The molecule has 0 unspecified atom stereocenters. The van der Waals surface area contributed by atoms with Gasteiger partial charge in [-0.15, -0.1) is 0 Å². The number of rotatable bonds is 8. The molecule has 1 aromatic heterocycles. The summed E-state index contributed by atoms with van der Waals surface area (Å²) in [5.41, 5.74) is 2.78. The number of benzene rings is 2. The molecule has 5 heteroatoms. The van der Waals surface area contributed by atoms with Crippen LogP contribution in [0.25, 0.3) is 11.0 Å². The Hall–Kier alpha value is -2.82. The summed E-state index contributed by atoms with van der Waals surface area (Å²) < 4.78 is 7.78. The second-order valence-corrected chi connectivity index (χ2v) is 6.29. The Balaban J connectivity index is 1.53. The number of hydrogen-bond acceptors (Lipinski definition) is 3. The molecular formula is C21H25N3O2. The van der Waals surface area contributed by atoms with Crippen molar-refractivity contribution in [1.82, 2.24) is 14.9 Å². The van der Waals surface area contributed by atoms with E-state index in [4.69, 9.17) is 4.74 Å². The van der Waals surface area contributed by atoms with Crippen LogP contribution in [-0.2, 0) is 6.54 Å². The van der Waals surface area contributed by atoms with Crippen molar-refractivity contribution in [2.75, 3.05) is 13.2 Å². The lowest BCUT2D eigenvalue weighted by Gasteiger charge is -2.09. The molecule has 0 radical (unpaired) electrons. The normalized spacial score (nSPS) is 10.8. The van der Waals surface area contributed by atoms with E-state index in [0.717, 1.165) is 42.0 Å². The lowest BCUT2D eigenvalue weighted by molar-refractivity contribution is 0.0952. The van der Waals surface area contributed by atoms with Gasteiger partial charge < -0.3 is 14.6 Å². The van der Waals surface area contributed by atoms with E-state index >= 15 is 0 Å². The Labute approximate surface area is 154 Å². The monoisotopic (exact) mass is 351 g/mol. The molecule has 3 aromatic rings. The number of para-hydroxylation sites is 2. The number of nitrogens with zero attached hydrogens (tertiary/aromatic N) is 2. The molecule has 0 aliphatic heterocycles. The van der Waals surface area contributed by atoms with Crippen LogP contribution in [0.5, 0.6) is 5.75 Å². The third-order valence-electron chi connectivity index (χ3n) is 4.26. The molecule has 0 saturated carbocycles. The maximum Gasteiger partial charge on any atom is 0.251 e. The van der Waals surface area contributed by atoms with Gasteiger partial charge in [-0.2, -0.15) is 0 Å². The Kier molecular flexibility index (Phi) is 5.89. The van der Waals surface area contributed by atoms with Crippen molar-refractivity contribution in [2.24, 2.45) is 0 Å². The number of carbonyl (C=O) groups is 1. The predicted octanol–water partition coefficient (Wildman–Crippen LogP) is 3.95. The van der Waals surface area contributed by atoms with Gasteiger partial charge in [-0.05, 0) is 50.1 Å². The number of hydrogen-bond donors (Lipinski definition) is 1. The largest absolute Gasteiger partial charge is 0.494 e. The van der Waals surface area contributed by atoms with Crippen LogP contribution in [0.15, 0.2) is 48.5 Å². The van der Waals surface area contributed by atoms with Crippen LogP contribution in [-0.4, -0.2) is 28.6 Å². The minimum atomic E-state index is -0.0702. The van der Waals surface area contributed by atoms with E-state index in [1.165, 1.54) is 0 Å². The SMILES string of the molecule is CCCOc1cccc(C(=O)NCCCn2c(C)nc3ccccc32)c1. The van der Waals surface area contributed by atoms with Crippen molar-refractivity contribution >= 4 is 16.9 Å². The van der Waals surface area contributed by atoms with Crippen molar-refractivity contribution in [3.05, 3.63) is 59.9 Å². The third-order valence-corrected chi connectivity index (χ3v) is 4.26. The van der Waals surface area contributed by atoms with Crippen LogP contribution in [0.1, 0.15) is 35.9 Å². The molecule has 0 fully saturated rings. The fourth-order valence-corrected chi connectivity index (χ4v) is 2.97. The zero-order valence-electron chi connectivity index (χ0n) is 15.4. The average molecular weight is 351 g/mol. The van der Waals surface area contributed by atoms with Gasteiger partial charge in [0.05, 0.1) is 17.6 Å². The molecule has 136 valence electrons. The molecule has 5 nitrogen and oxygen atoms in total. The van der Waals surface area contributed by atoms with Crippen molar-refractivity contribution in [1.29, 1.82) is 0 Å². The lowest BCUT2D eigenvalue weighted by atomic mass is 10.2. The number of amides is 1. The summed E-state index contributed by atoms with van der Waals surface area (Å²) in [5, 5.41) is 2.98. The number of imidazole rings is 1. The first-order valence-electron chi connectivity index (χ1n) is 9.12. The molecule has 0 atom stereocenters. The van der Waals surface area contributed by atoms with Gasteiger partial charge in [-0.25, -0.2) is 4.98 Å². The predicted molar refractivity (Wildman–Crippen MR) is 104 cm³/mol. The standard InChI is InChI=1S/C21H25N3O2/c1-3-14-26-18-9-6-8-17(15-18)21(25)22-12-7-13-24-16(2)23-19-10-4-5-11-20(19)24/h4-6,8-11,15H,3,7,12-14H2,1-2H3,(H,22,25). The minimum Gasteiger partial charge on any atom is -0.494 e.